The fraction of sp³-hybridized carbons (Fsp3) is 0.286. The third-order valence-electron chi connectivity index (χ3n) is 6.97. The van der Waals surface area contributed by atoms with Crippen LogP contribution in [-0.2, 0) is 23.0 Å². The van der Waals surface area contributed by atoms with Gasteiger partial charge in [0.1, 0.15) is 15.0 Å². The number of H-pyrrole nitrogens is 1. The number of aromatic nitrogens is 3. The highest BCUT2D eigenvalue weighted by atomic mass is 32.2. The van der Waals surface area contributed by atoms with Gasteiger partial charge in [0.05, 0.1) is 16.9 Å². The molecular formula is C28H30N6O2S3. The minimum atomic E-state index is -3.67. The summed E-state index contributed by atoms with van der Waals surface area (Å²) in [6.07, 6.45) is 2.62. The van der Waals surface area contributed by atoms with E-state index in [4.69, 9.17) is 4.98 Å². The largest absolute Gasteiger partial charge is 0.354 e. The van der Waals surface area contributed by atoms with Crippen LogP contribution in [0.1, 0.15) is 23.1 Å². The molecule has 2 N–H and O–H groups in total. The molecule has 1 aromatic carbocycles. The van der Waals surface area contributed by atoms with Gasteiger partial charge in [0.25, 0.3) is 10.0 Å². The van der Waals surface area contributed by atoms with Crippen molar-refractivity contribution < 1.29 is 8.42 Å². The molecule has 5 aromatic rings. The van der Waals surface area contributed by atoms with Gasteiger partial charge in [-0.15, -0.1) is 22.7 Å². The SMILES string of the molecule is CCc1ccsc1S(=O)(=O)Nc1cccc2cc(-c3ncc(CN4CCN(c5cccc(C)n5)CC4)s3)[nH]c12. The quantitative estimate of drug-likeness (QED) is 0.244. The normalized spacial score (nSPS) is 14.8. The van der Waals surface area contributed by atoms with E-state index in [2.05, 4.69) is 36.6 Å². The number of hydrogen-bond acceptors (Lipinski definition) is 8. The van der Waals surface area contributed by atoms with Crippen LogP contribution in [0.5, 0.6) is 0 Å². The Labute approximate surface area is 236 Å². The number of pyridine rings is 1. The average molecular weight is 579 g/mol. The molecule has 0 aliphatic carbocycles. The first-order valence-corrected chi connectivity index (χ1v) is 16.1. The monoisotopic (exact) mass is 578 g/mol. The summed E-state index contributed by atoms with van der Waals surface area (Å²) in [5.41, 5.74) is 4.04. The van der Waals surface area contributed by atoms with E-state index in [0.29, 0.717) is 16.3 Å². The van der Waals surface area contributed by atoms with Crippen molar-refractivity contribution >= 4 is 55.1 Å². The van der Waals surface area contributed by atoms with Crippen LogP contribution in [0.25, 0.3) is 21.6 Å². The molecule has 1 aliphatic heterocycles. The van der Waals surface area contributed by atoms with E-state index in [1.807, 2.05) is 55.8 Å². The molecule has 202 valence electrons. The number of nitrogens with zero attached hydrogens (tertiary/aromatic N) is 4. The molecular weight excluding hydrogens is 549 g/mol. The first-order chi connectivity index (χ1) is 18.9. The zero-order chi connectivity index (χ0) is 27.0. The van der Waals surface area contributed by atoms with Crippen LogP contribution in [0.4, 0.5) is 11.5 Å². The van der Waals surface area contributed by atoms with E-state index in [0.717, 1.165) is 71.4 Å². The number of piperazine rings is 1. The first-order valence-electron chi connectivity index (χ1n) is 13.0. The predicted octanol–water partition coefficient (Wildman–Crippen LogP) is 5.74. The van der Waals surface area contributed by atoms with E-state index in [1.165, 1.54) is 16.2 Å². The van der Waals surface area contributed by atoms with Gasteiger partial charge in [-0.3, -0.25) is 9.62 Å². The molecule has 11 heteroatoms. The number of fused-ring (bicyclic) bond motifs is 1. The Hall–Kier alpha value is -3.25. The first kappa shape index (κ1) is 26.0. The number of benzene rings is 1. The molecule has 5 heterocycles. The van der Waals surface area contributed by atoms with Gasteiger partial charge in [0.2, 0.25) is 0 Å². The fourth-order valence-electron chi connectivity index (χ4n) is 4.93. The highest BCUT2D eigenvalue weighted by molar-refractivity contribution is 7.94. The van der Waals surface area contributed by atoms with Gasteiger partial charge in [-0.2, -0.15) is 0 Å². The number of hydrogen-bond donors (Lipinski definition) is 2. The van der Waals surface area contributed by atoms with Gasteiger partial charge < -0.3 is 9.88 Å². The van der Waals surface area contributed by atoms with Crippen molar-refractivity contribution in [3.8, 4) is 10.7 Å². The zero-order valence-corrected chi connectivity index (χ0v) is 24.3. The maximum atomic E-state index is 13.1. The molecule has 39 heavy (non-hydrogen) atoms. The zero-order valence-electron chi connectivity index (χ0n) is 21.8. The number of thiazole rings is 1. The second-order valence-corrected chi connectivity index (χ2v) is 13.6. The number of aryl methyl sites for hydroxylation is 2. The minimum absolute atomic E-state index is 0.370. The second kappa shape index (κ2) is 10.7. The maximum Gasteiger partial charge on any atom is 0.271 e. The molecule has 1 fully saturated rings. The third-order valence-corrected chi connectivity index (χ3v) is 10.9. The number of thiophene rings is 1. The number of anilines is 2. The third kappa shape index (κ3) is 5.44. The lowest BCUT2D eigenvalue weighted by Gasteiger charge is -2.35. The molecule has 0 bridgehead atoms. The van der Waals surface area contributed by atoms with Crippen molar-refractivity contribution in [2.45, 2.75) is 31.0 Å². The van der Waals surface area contributed by atoms with Gasteiger partial charge in [-0.1, -0.05) is 25.1 Å². The van der Waals surface area contributed by atoms with Gasteiger partial charge in [0.15, 0.2) is 0 Å². The summed E-state index contributed by atoms with van der Waals surface area (Å²) < 4.78 is 29.4. The van der Waals surface area contributed by atoms with E-state index >= 15 is 0 Å². The molecule has 0 saturated carbocycles. The van der Waals surface area contributed by atoms with Gasteiger partial charge in [0, 0.05) is 54.9 Å². The Balaban J connectivity index is 1.15. The molecule has 0 atom stereocenters. The van der Waals surface area contributed by atoms with Crippen LogP contribution in [0.2, 0.25) is 0 Å². The van der Waals surface area contributed by atoms with Crippen LogP contribution in [-0.4, -0.2) is 54.4 Å². The van der Waals surface area contributed by atoms with Crippen molar-refractivity contribution in [3.05, 3.63) is 76.2 Å². The lowest BCUT2D eigenvalue weighted by Crippen LogP contribution is -2.46. The Morgan fingerprint density at radius 2 is 1.90 bits per heavy atom. The molecule has 1 aliphatic rings. The van der Waals surface area contributed by atoms with Gasteiger partial charge in [-0.25, -0.2) is 18.4 Å². The molecule has 0 spiro atoms. The van der Waals surface area contributed by atoms with E-state index in [-0.39, 0.29) is 0 Å². The Bertz CT molecular complexity index is 1710. The molecule has 0 amide bonds. The highest BCUT2D eigenvalue weighted by Gasteiger charge is 2.22. The van der Waals surface area contributed by atoms with Gasteiger partial charge in [-0.05, 0) is 54.6 Å². The number of para-hydroxylation sites is 1. The van der Waals surface area contributed by atoms with Gasteiger partial charge >= 0.3 is 0 Å². The smallest absolute Gasteiger partial charge is 0.271 e. The average Bonchev–Trinajstić information content (AvgIpc) is 3.69. The molecule has 1 saturated heterocycles. The van der Waals surface area contributed by atoms with Crippen molar-refractivity contribution in [1.82, 2.24) is 19.9 Å². The summed E-state index contributed by atoms with van der Waals surface area (Å²) in [5, 5.41) is 3.65. The van der Waals surface area contributed by atoms with E-state index in [1.54, 1.807) is 17.4 Å². The minimum Gasteiger partial charge on any atom is -0.354 e. The summed E-state index contributed by atoms with van der Waals surface area (Å²) in [4.78, 5) is 18.8. The lowest BCUT2D eigenvalue weighted by atomic mass is 10.2. The van der Waals surface area contributed by atoms with Crippen LogP contribution in [0.15, 0.2) is 64.3 Å². The van der Waals surface area contributed by atoms with Crippen molar-refractivity contribution in [2.75, 3.05) is 35.8 Å². The van der Waals surface area contributed by atoms with Crippen LogP contribution in [0, 0.1) is 6.92 Å². The van der Waals surface area contributed by atoms with Crippen LogP contribution < -0.4 is 9.62 Å². The maximum absolute atomic E-state index is 13.1. The Kier molecular flexibility index (Phi) is 7.15. The van der Waals surface area contributed by atoms with Crippen LogP contribution >= 0.6 is 22.7 Å². The summed E-state index contributed by atoms with van der Waals surface area (Å²) >= 11 is 2.91. The van der Waals surface area contributed by atoms with Crippen molar-refractivity contribution in [1.29, 1.82) is 0 Å². The molecule has 4 aromatic heterocycles. The van der Waals surface area contributed by atoms with E-state index in [9.17, 15) is 8.42 Å². The van der Waals surface area contributed by atoms with E-state index < -0.39 is 10.0 Å². The highest BCUT2D eigenvalue weighted by Crippen LogP contribution is 2.33. The summed E-state index contributed by atoms with van der Waals surface area (Å²) in [7, 11) is -3.67. The molecule has 0 unspecified atom stereocenters. The Morgan fingerprint density at radius 3 is 2.69 bits per heavy atom. The van der Waals surface area contributed by atoms with Crippen molar-refractivity contribution in [2.24, 2.45) is 0 Å². The Morgan fingerprint density at radius 1 is 1.08 bits per heavy atom. The van der Waals surface area contributed by atoms with Crippen molar-refractivity contribution in [3.63, 3.8) is 0 Å². The number of rotatable bonds is 8. The summed E-state index contributed by atoms with van der Waals surface area (Å²) in [6, 6.07) is 15.7. The van der Waals surface area contributed by atoms with Crippen LogP contribution in [0.3, 0.4) is 0 Å². The summed E-state index contributed by atoms with van der Waals surface area (Å²) in [5.74, 6) is 1.05. The second-order valence-electron chi connectivity index (χ2n) is 9.68. The molecule has 0 radical (unpaired) electrons. The fourth-order valence-corrected chi connectivity index (χ4v) is 8.49. The predicted molar refractivity (Wildman–Crippen MR) is 160 cm³/mol. The number of sulfonamides is 1. The summed E-state index contributed by atoms with van der Waals surface area (Å²) in [6.45, 7) is 8.71. The standard InChI is InChI=1S/C28H30N6O2S3/c1-3-20-10-15-37-28(20)39(35,36)32-23-8-5-7-21-16-24(31-26(21)23)27-29-17-22(38-27)18-33-11-13-34(14-12-33)25-9-4-6-19(2)30-25/h4-10,15-17,31-32H,3,11-14,18H2,1-2H3. The lowest BCUT2D eigenvalue weighted by molar-refractivity contribution is 0.251. The molecule has 8 nitrogen and oxygen atoms in total. The molecule has 6 rings (SSSR count). The number of nitrogens with one attached hydrogen (secondary N) is 2. The topological polar surface area (TPSA) is 94.2 Å². The number of aromatic amines is 1.